The number of ether oxygens (including phenoxy) is 2. The molecule has 0 aliphatic carbocycles. The van der Waals surface area contributed by atoms with Crippen molar-refractivity contribution in [3.8, 4) is 11.5 Å². The molecule has 5 nitrogen and oxygen atoms in total. The lowest BCUT2D eigenvalue weighted by Crippen LogP contribution is -2.32. The quantitative estimate of drug-likeness (QED) is 0.778. The summed E-state index contributed by atoms with van der Waals surface area (Å²) in [5.41, 5.74) is 1.58. The van der Waals surface area contributed by atoms with Crippen LogP contribution in [0.15, 0.2) is 36.4 Å². The van der Waals surface area contributed by atoms with E-state index in [0.29, 0.717) is 27.2 Å². The molecular weight excluding hydrogens is 339 g/mol. The van der Waals surface area contributed by atoms with Gasteiger partial charge >= 0.3 is 6.03 Å². The molecule has 0 aromatic heterocycles. The van der Waals surface area contributed by atoms with E-state index in [1.54, 1.807) is 31.4 Å². The Morgan fingerprint density at radius 1 is 1.13 bits per heavy atom. The maximum atomic E-state index is 11.9. The van der Waals surface area contributed by atoms with Gasteiger partial charge in [0.25, 0.3) is 0 Å². The predicted molar refractivity (Wildman–Crippen MR) is 91.8 cm³/mol. The first-order valence-corrected chi connectivity index (χ1v) is 7.52. The van der Waals surface area contributed by atoms with Gasteiger partial charge in [0.2, 0.25) is 0 Å². The molecule has 0 atom stereocenters. The lowest BCUT2D eigenvalue weighted by Gasteiger charge is -2.13. The second-order valence-corrected chi connectivity index (χ2v) is 5.54. The number of benzene rings is 2. The van der Waals surface area contributed by atoms with Crippen molar-refractivity contribution in [1.29, 1.82) is 0 Å². The summed E-state index contributed by atoms with van der Waals surface area (Å²) in [5, 5.41) is 6.16. The van der Waals surface area contributed by atoms with Crippen LogP contribution in [0.25, 0.3) is 0 Å². The van der Waals surface area contributed by atoms with Crippen molar-refractivity contribution in [2.45, 2.75) is 6.92 Å². The second-order valence-electron chi connectivity index (χ2n) is 4.70. The van der Waals surface area contributed by atoms with E-state index in [1.807, 2.05) is 19.1 Å². The molecule has 0 unspecified atom stereocenters. The lowest BCUT2D eigenvalue weighted by molar-refractivity contribution is 0.234. The second kappa shape index (κ2) is 7.94. The number of carbonyl (C=O) groups is 1. The average Bonchev–Trinajstić information content (AvgIpc) is 2.50. The SMILES string of the molecule is COc1ccc(C)cc1NC(=O)NCOc1ccc(Cl)cc1Cl. The first-order valence-electron chi connectivity index (χ1n) is 6.77. The van der Waals surface area contributed by atoms with Crippen molar-refractivity contribution in [2.75, 3.05) is 19.2 Å². The van der Waals surface area contributed by atoms with Crippen molar-refractivity contribution >= 4 is 34.9 Å². The van der Waals surface area contributed by atoms with Gasteiger partial charge < -0.3 is 20.1 Å². The number of rotatable bonds is 5. The molecule has 7 heteroatoms. The van der Waals surface area contributed by atoms with E-state index in [-0.39, 0.29) is 6.73 Å². The molecule has 2 N–H and O–H groups in total. The van der Waals surface area contributed by atoms with Gasteiger partial charge in [-0.25, -0.2) is 4.79 Å². The molecule has 0 saturated heterocycles. The van der Waals surface area contributed by atoms with E-state index >= 15 is 0 Å². The molecule has 0 radical (unpaired) electrons. The fourth-order valence-electron chi connectivity index (χ4n) is 1.86. The number of carbonyl (C=O) groups excluding carboxylic acids is 1. The maximum absolute atomic E-state index is 11.9. The number of hydrogen-bond acceptors (Lipinski definition) is 3. The number of methoxy groups -OCH3 is 1. The van der Waals surface area contributed by atoms with Crippen LogP contribution in [0, 0.1) is 6.92 Å². The topological polar surface area (TPSA) is 59.6 Å². The highest BCUT2D eigenvalue weighted by Gasteiger charge is 2.08. The summed E-state index contributed by atoms with van der Waals surface area (Å²) >= 11 is 11.8. The van der Waals surface area contributed by atoms with Crippen LogP contribution in [0.4, 0.5) is 10.5 Å². The molecule has 2 amide bonds. The van der Waals surface area contributed by atoms with Crippen LogP contribution in [0.1, 0.15) is 5.56 Å². The standard InChI is InChI=1S/C16H16Cl2N2O3/c1-10-3-5-15(22-2)13(7-10)20-16(21)19-9-23-14-6-4-11(17)8-12(14)18/h3-8H,9H2,1-2H3,(H2,19,20,21). The molecule has 2 rings (SSSR count). The summed E-state index contributed by atoms with van der Waals surface area (Å²) in [5.74, 6) is 1.01. The van der Waals surface area contributed by atoms with E-state index < -0.39 is 6.03 Å². The van der Waals surface area contributed by atoms with Crippen molar-refractivity contribution in [2.24, 2.45) is 0 Å². The molecule has 2 aromatic carbocycles. The summed E-state index contributed by atoms with van der Waals surface area (Å²) in [6.07, 6.45) is 0. The summed E-state index contributed by atoms with van der Waals surface area (Å²) < 4.78 is 10.6. The Morgan fingerprint density at radius 3 is 2.57 bits per heavy atom. The lowest BCUT2D eigenvalue weighted by atomic mass is 10.2. The summed E-state index contributed by atoms with van der Waals surface area (Å²) in [6, 6.07) is 9.93. The molecule has 0 saturated carbocycles. The van der Waals surface area contributed by atoms with Gasteiger partial charge in [0.15, 0.2) is 6.73 Å². The highest BCUT2D eigenvalue weighted by atomic mass is 35.5. The van der Waals surface area contributed by atoms with Gasteiger partial charge in [-0.1, -0.05) is 29.3 Å². The van der Waals surface area contributed by atoms with E-state index in [4.69, 9.17) is 32.7 Å². The first kappa shape index (κ1) is 17.2. The third-order valence-electron chi connectivity index (χ3n) is 2.96. The van der Waals surface area contributed by atoms with Crippen LogP contribution >= 0.6 is 23.2 Å². The van der Waals surface area contributed by atoms with Crippen molar-refractivity contribution in [3.05, 3.63) is 52.0 Å². The van der Waals surface area contributed by atoms with E-state index in [1.165, 1.54) is 0 Å². The Kier molecular flexibility index (Phi) is 5.96. The zero-order valence-electron chi connectivity index (χ0n) is 12.7. The number of hydrogen-bond donors (Lipinski definition) is 2. The molecule has 0 spiro atoms. The minimum atomic E-state index is -0.418. The van der Waals surface area contributed by atoms with Crippen LogP contribution in [0.2, 0.25) is 10.0 Å². The van der Waals surface area contributed by atoms with Gasteiger partial charge in [-0.15, -0.1) is 0 Å². The highest BCUT2D eigenvalue weighted by molar-refractivity contribution is 6.35. The molecule has 0 aliphatic rings. The van der Waals surface area contributed by atoms with Gasteiger partial charge in [0.05, 0.1) is 17.8 Å². The van der Waals surface area contributed by atoms with Crippen molar-refractivity contribution in [1.82, 2.24) is 5.32 Å². The molecule has 2 aromatic rings. The minimum Gasteiger partial charge on any atom is -0.495 e. The highest BCUT2D eigenvalue weighted by Crippen LogP contribution is 2.27. The van der Waals surface area contributed by atoms with Gasteiger partial charge in [0.1, 0.15) is 11.5 Å². The average molecular weight is 355 g/mol. The number of nitrogens with one attached hydrogen (secondary N) is 2. The molecule has 122 valence electrons. The zero-order valence-corrected chi connectivity index (χ0v) is 14.2. The molecule has 0 aliphatic heterocycles. The van der Waals surface area contributed by atoms with Gasteiger partial charge in [-0.3, -0.25) is 0 Å². The summed E-state index contributed by atoms with van der Waals surface area (Å²) in [6.45, 7) is 1.88. The van der Waals surface area contributed by atoms with Crippen LogP contribution in [-0.2, 0) is 0 Å². The minimum absolute atomic E-state index is 0.0404. The fraction of sp³-hybridized carbons (Fsp3) is 0.188. The Labute approximate surface area is 144 Å². The number of anilines is 1. The Bertz CT molecular complexity index is 708. The normalized spacial score (nSPS) is 10.1. The van der Waals surface area contributed by atoms with E-state index in [0.717, 1.165) is 5.56 Å². The van der Waals surface area contributed by atoms with Gasteiger partial charge in [-0.05, 0) is 42.8 Å². The van der Waals surface area contributed by atoms with Crippen LogP contribution < -0.4 is 20.1 Å². The fourth-order valence-corrected chi connectivity index (χ4v) is 2.32. The van der Waals surface area contributed by atoms with Crippen molar-refractivity contribution in [3.63, 3.8) is 0 Å². The van der Waals surface area contributed by atoms with Crippen LogP contribution in [0.5, 0.6) is 11.5 Å². The Balaban J connectivity index is 1.89. The Morgan fingerprint density at radius 2 is 1.87 bits per heavy atom. The molecular formula is C16H16Cl2N2O3. The van der Waals surface area contributed by atoms with E-state index in [9.17, 15) is 4.79 Å². The summed E-state index contributed by atoms with van der Waals surface area (Å²) in [7, 11) is 1.54. The third-order valence-corrected chi connectivity index (χ3v) is 3.49. The van der Waals surface area contributed by atoms with Gasteiger partial charge in [0, 0.05) is 5.02 Å². The smallest absolute Gasteiger partial charge is 0.321 e. The maximum Gasteiger partial charge on any atom is 0.321 e. The molecule has 0 heterocycles. The zero-order chi connectivity index (χ0) is 16.8. The number of urea groups is 1. The molecule has 0 bridgehead atoms. The van der Waals surface area contributed by atoms with Crippen LogP contribution in [-0.4, -0.2) is 19.9 Å². The van der Waals surface area contributed by atoms with Gasteiger partial charge in [-0.2, -0.15) is 0 Å². The van der Waals surface area contributed by atoms with Crippen LogP contribution in [0.3, 0.4) is 0 Å². The monoisotopic (exact) mass is 354 g/mol. The summed E-state index contributed by atoms with van der Waals surface area (Å²) in [4.78, 5) is 11.9. The first-order chi connectivity index (χ1) is 11.0. The molecule has 0 fully saturated rings. The number of amides is 2. The largest absolute Gasteiger partial charge is 0.495 e. The Hall–Kier alpha value is -2.11. The number of halogens is 2. The van der Waals surface area contributed by atoms with Crippen molar-refractivity contribution < 1.29 is 14.3 Å². The number of aryl methyl sites for hydroxylation is 1. The van der Waals surface area contributed by atoms with E-state index in [2.05, 4.69) is 10.6 Å². The third kappa shape index (κ3) is 4.94. The predicted octanol–water partition coefficient (Wildman–Crippen LogP) is 4.47. The molecule has 23 heavy (non-hydrogen) atoms.